The number of aryl methyl sites for hydroxylation is 2. The Kier molecular flexibility index (Phi) is 5.23. The van der Waals surface area contributed by atoms with Gasteiger partial charge >= 0.3 is 11.6 Å². The Labute approximate surface area is 138 Å². The molecule has 7 heteroatoms. The van der Waals surface area contributed by atoms with Gasteiger partial charge in [-0.15, -0.1) is 0 Å². The summed E-state index contributed by atoms with van der Waals surface area (Å²) in [7, 11) is 0. The van der Waals surface area contributed by atoms with Crippen LogP contribution in [-0.2, 0) is 16.0 Å². The molecule has 1 aromatic heterocycles. The lowest BCUT2D eigenvalue weighted by Gasteiger charge is -2.13. The third-order valence-corrected chi connectivity index (χ3v) is 3.62. The molecule has 0 aliphatic rings. The van der Waals surface area contributed by atoms with Crippen LogP contribution in [0.4, 0.5) is 0 Å². The SMILES string of the molecule is CCc1cc2c(C)cc(=O)oc2cc1OCC(=O)N[C@@H](C)C(=O)O. The lowest BCUT2D eigenvalue weighted by molar-refractivity contribution is -0.141. The van der Waals surface area contributed by atoms with Crippen molar-refractivity contribution < 1.29 is 23.8 Å². The van der Waals surface area contributed by atoms with E-state index >= 15 is 0 Å². The molecule has 0 unspecified atom stereocenters. The number of amides is 1. The van der Waals surface area contributed by atoms with Gasteiger partial charge in [-0.1, -0.05) is 6.92 Å². The Balaban J connectivity index is 2.23. The maximum Gasteiger partial charge on any atom is 0.336 e. The molecule has 1 heterocycles. The van der Waals surface area contributed by atoms with Crippen LogP contribution in [0.2, 0.25) is 0 Å². The quantitative estimate of drug-likeness (QED) is 0.778. The molecule has 0 radical (unpaired) electrons. The van der Waals surface area contributed by atoms with Crippen molar-refractivity contribution in [3.8, 4) is 5.75 Å². The number of benzene rings is 1. The number of aliphatic carboxylic acids is 1. The van der Waals surface area contributed by atoms with Crippen LogP contribution in [0.1, 0.15) is 25.0 Å². The van der Waals surface area contributed by atoms with Crippen molar-refractivity contribution in [2.45, 2.75) is 33.2 Å². The van der Waals surface area contributed by atoms with Gasteiger partial charge in [-0.2, -0.15) is 0 Å². The Morgan fingerprint density at radius 2 is 2.04 bits per heavy atom. The van der Waals surface area contributed by atoms with Crippen molar-refractivity contribution in [1.82, 2.24) is 5.32 Å². The predicted octanol–water partition coefficient (Wildman–Crippen LogP) is 1.63. The third-order valence-electron chi connectivity index (χ3n) is 3.62. The Morgan fingerprint density at radius 3 is 2.67 bits per heavy atom. The molecule has 0 aliphatic carbocycles. The van der Waals surface area contributed by atoms with Crippen LogP contribution in [-0.4, -0.2) is 29.6 Å². The average molecular weight is 333 g/mol. The lowest BCUT2D eigenvalue weighted by Crippen LogP contribution is -2.40. The minimum Gasteiger partial charge on any atom is -0.483 e. The molecule has 1 amide bonds. The molecule has 0 spiro atoms. The summed E-state index contributed by atoms with van der Waals surface area (Å²) < 4.78 is 10.7. The first-order chi connectivity index (χ1) is 11.3. The van der Waals surface area contributed by atoms with Crippen molar-refractivity contribution >= 4 is 22.8 Å². The maximum absolute atomic E-state index is 11.7. The standard InChI is InChI=1S/C17H19NO6/c1-4-11-6-12-9(2)5-16(20)24-14(12)7-13(11)23-8-15(19)18-10(3)17(21)22/h5-7,10H,4,8H2,1-3H3,(H,18,19)(H,21,22)/t10-/m0/s1. The minimum atomic E-state index is -1.12. The van der Waals surface area contributed by atoms with E-state index in [1.54, 1.807) is 6.07 Å². The Morgan fingerprint density at radius 1 is 1.33 bits per heavy atom. The number of carbonyl (C=O) groups excluding carboxylic acids is 1. The summed E-state index contributed by atoms with van der Waals surface area (Å²) in [6.45, 7) is 4.80. The molecule has 128 valence electrons. The van der Waals surface area contributed by atoms with Gasteiger partial charge < -0.3 is 19.6 Å². The van der Waals surface area contributed by atoms with Crippen molar-refractivity contribution in [2.24, 2.45) is 0 Å². The highest BCUT2D eigenvalue weighted by molar-refractivity contribution is 5.85. The van der Waals surface area contributed by atoms with E-state index in [1.807, 2.05) is 19.9 Å². The van der Waals surface area contributed by atoms with Gasteiger partial charge in [0.25, 0.3) is 5.91 Å². The van der Waals surface area contributed by atoms with E-state index in [2.05, 4.69) is 5.32 Å². The fraction of sp³-hybridized carbons (Fsp3) is 0.353. The number of nitrogens with one attached hydrogen (secondary N) is 1. The Hall–Kier alpha value is -2.83. The summed E-state index contributed by atoms with van der Waals surface area (Å²) in [5, 5.41) is 11.9. The molecule has 2 rings (SSSR count). The van der Waals surface area contributed by atoms with Gasteiger partial charge in [0, 0.05) is 17.5 Å². The van der Waals surface area contributed by atoms with E-state index in [4.69, 9.17) is 14.3 Å². The average Bonchev–Trinajstić information content (AvgIpc) is 2.51. The summed E-state index contributed by atoms with van der Waals surface area (Å²) in [6.07, 6.45) is 0.664. The van der Waals surface area contributed by atoms with Crippen molar-refractivity contribution in [1.29, 1.82) is 0 Å². The number of hydrogen-bond acceptors (Lipinski definition) is 5. The number of carboxylic acid groups (broad SMARTS) is 1. The van der Waals surface area contributed by atoms with Crippen LogP contribution >= 0.6 is 0 Å². The monoisotopic (exact) mass is 333 g/mol. The van der Waals surface area contributed by atoms with E-state index in [1.165, 1.54) is 13.0 Å². The minimum absolute atomic E-state index is 0.327. The zero-order valence-electron chi connectivity index (χ0n) is 13.7. The second-order valence-electron chi connectivity index (χ2n) is 5.47. The molecule has 0 saturated heterocycles. The van der Waals surface area contributed by atoms with Gasteiger partial charge in [-0.3, -0.25) is 9.59 Å². The zero-order valence-corrected chi connectivity index (χ0v) is 13.7. The second kappa shape index (κ2) is 7.16. The summed E-state index contributed by atoms with van der Waals surface area (Å²) >= 11 is 0. The van der Waals surface area contributed by atoms with Gasteiger partial charge in [-0.25, -0.2) is 4.79 Å². The number of carbonyl (C=O) groups is 2. The first-order valence-electron chi connectivity index (χ1n) is 7.54. The highest BCUT2D eigenvalue weighted by Gasteiger charge is 2.15. The Bertz CT molecular complexity index is 839. The zero-order chi connectivity index (χ0) is 17.9. The lowest BCUT2D eigenvalue weighted by atomic mass is 10.1. The summed E-state index contributed by atoms with van der Waals surface area (Å²) in [4.78, 5) is 33.9. The van der Waals surface area contributed by atoms with Crippen LogP contribution in [0.15, 0.2) is 27.4 Å². The van der Waals surface area contributed by atoms with E-state index in [-0.39, 0.29) is 6.61 Å². The molecule has 0 bridgehead atoms. The summed E-state index contributed by atoms with van der Waals surface area (Å²) in [6, 6.07) is 3.87. The largest absolute Gasteiger partial charge is 0.483 e. The molecular formula is C17H19NO6. The highest BCUT2D eigenvalue weighted by Crippen LogP contribution is 2.27. The molecule has 0 saturated carbocycles. The normalized spacial score (nSPS) is 12.0. The first-order valence-corrected chi connectivity index (χ1v) is 7.54. The maximum atomic E-state index is 11.7. The number of hydrogen-bond donors (Lipinski definition) is 2. The van der Waals surface area contributed by atoms with Gasteiger partial charge in [0.1, 0.15) is 17.4 Å². The van der Waals surface area contributed by atoms with Gasteiger partial charge in [0.2, 0.25) is 0 Å². The molecule has 2 N–H and O–H groups in total. The molecule has 0 fully saturated rings. The van der Waals surface area contributed by atoms with Gasteiger partial charge in [0.15, 0.2) is 6.61 Å². The number of carboxylic acids is 1. The van der Waals surface area contributed by atoms with Crippen molar-refractivity contribution in [2.75, 3.05) is 6.61 Å². The molecule has 1 aromatic carbocycles. The van der Waals surface area contributed by atoms with Crippen molar-refractivity contribution in [3.05, 3.63) is 39.7 Å². The molecular weight excluding hydrogens is 314 g/mol. The van der Waals surface area contributed by atoms with Crippen LogP contribution in [0, 0.1) is 6.92 Å². The highest BCUT2D eigenvalue weighted by atomic mass is 16.5. The van der Waals surface area contributed by atoms with Crippen LogP contribution in [0.3, 0.4) is 0 Å². The van der Waals surface area contributed by atoms with E-state index in [0.717, 1.165) is 16.5 Å². The predicted molar refractivity (Wildman–Crippen MR) is 87.3 cm³/mol. The molecule has 1 atom stereocenters. The number of fused-ring (bicyclic) bond motifs is 1. The molecule has 24 heavy (non-hydrogen) atoms. The summed E-state index contributed by atoms with van der Waals surface area (Å²) in [5.41, 5.74) is 1.59. The molecule has 0 aliphatic heterocycles. The first kappa shape index (κ1) is 17.5. The van der Waals surface area contributed by atoms with E-state index in [0.29, 0.717) is 17.8 Å². The van der Waals surface area contributed by atoms with E-state index < -0.39 is 23.5 Å². The number of rotatable bonds is 6. The smallest absolute Gasteiger partial charge is 0.336 e. The fourth-order valence-electron chi connectivity index (χ4n) is 2.29. The fourth-order valence-corrected chi connectivity index (χ4v) is 2.29. The molecule has 7 nitrogen and oxygen atoms in total. The van der Waals surface area contributed by atoms with Crippen LogP contribution < -0.4 is 15.7 Å². The van der Waals surface area contributed by atoms with Crippen LogP contribution in [0.25, 0.3) is 11.0 Å². The van der Waals surface area contributed by atoms with Gasteiger partial charge in [0.05, 0.1) is 0 Å². The van der Waals surface area contributed by atoms with E-state index in [9.17, 15) is 14.4 Å². The van der Waals surface area contributed by atoms with Crippen molar-refractivity contribution in [3.63, 3.8) is 0 Å². The topological polar surface area (TPSA) is 106 Å². The number of ether oxygens (including phenoxy) is 1. The molecule has 2 aromatic rings. The third kappa shape index (κ3) is 3.92. The summed E-state index contributed by atoms with van der Waals surface area (Å²) in [5.74, 6) is -1.24. The van der Waals surface area contributed by atoms with Gasteiger partial charge in [-0.05, 0) is 37.5 Å². The second-order valence-corrected chi connectivity index (χ2v) is 5.47. The van der Waals surface area contributed by atoms with Crippen LogP contribution in [0.5, 0.6) is 5.75 Å².